The third kappa shape index (κ3) is 2.11. The monoisotopic (exact) mass is 117 g/mol. The lowest BCUT2D eigenvalue weighted by Crippen LogP contribution is -1.93. The summed E-state index contributed by atoms with van der Waals surface area (Å²) in [5, 5.41) is 6.57. The highest BCUT2D eigenvalue weighted by Crippen LogP contribution is 1.94. The zero-order valence-electron chi connectivity index (χ0n) is 3.57. The van der Waals surface area contributed by atoms with Crippen LogP contribution in [0.3, 0.4) is 0 Å². The third-order valence-electron chi connectivity index (χ3n) is 0.410. The van der Waals surface area contributed by atoms with Crippen molar-refractivity contribution in [1.29, 1.82) is 5.41 Å². The number of aldehydes is 1. The van der Waals surface area contributed by atoms with Gasteiger partial charge in [0.15, 0.2) is 6.29 Å². The Balaban J connectivity index is 3.81. The summed E-state index contributed by atoms with van der Waals surface area (Å²) >= 11 is 5.08. The molecule has 0 bridgehead atoms. The molecule has 3 heteroatoms. The van der Waals surface area contributed by atoms with Gasteiger partial charge in [-0.1, -0.05) is 18.2 Å². The SMILES string of the molecule is C=C(Cl)C(=N)C=O. The second-order valence-corrected chi connectivity index (χ2v) is 1.39. The van der Waals surface area contributed by atoms with Gasteiger partial charge >= 0.3 is 0 Å². The predicted octanol–water partition coefficient (Wildman–Crippen LogP) is 0.958. The van der Waals surface area contributed by atoms with Gasteiger partial charge < -0.3 is 0 Å². The van der Waals surface area contributed by atoms with Crippen LogP contribution in [-0.4, -0.2) is 12.0 Å². The van der Waals surface area contributed by atoms with Crippen molar-refractivity contribution in [1.82, 2.24) is 0 Å². The minimum Gasteiger partial charge on any atom is -0.296 e. The first kappa shape index (κ1) is 6.37. The number of halogens is 1. The van der Waals surface area contributed by atoms with Crippen LogP contribution in [0.5, 0.6) is 0 Å². The van der Waals surface area contributed by atoms with Gasteiger partial charge in [-0.05, 0) is 0 Å². The fourth-order valence-corrected chi connectivity index (χ4v) is 0.108. The van der Waals surface area contributed by atoms with Crippen molar-refractivity contribution in [2.24, 2.45) is 0 Å². The predicted molar refractivity (Wildman–Crippen MR) is 28.8 cm³/mol. The quantitative estimate of drug-likeness (QED) is 0.425. The van der Waals surface area contributed by atoms with E-state index in [1.165, 1.54) is 0 Å². The minimum absolute atomic E-state index is 0.0185. The zero-order valence-corrected chi connectivity index (χ0v) is 4.33. The summed E-state index contributed by atoms with van der Waals surface area (Å²) in [4.78, 5) is 9.58. The highest BCUT2D eigenvalue weighted by atomic mass is 35.5. The molecule has 0 aromatic carbocycles. The van der Waals surface area contributed by atoms with Crippen molar-refractivity contribution >= 4 is 23.6 Å². The van der Waals surface area contributed by atoms with Crippen molar-refractivity contribution in [3.63, 3.8) is 0 Å². The summed E-state index contributed by atoms with van der Waals surface area (Å²) < 4.78 is 0. The minimum atomic E-state index is -0.262. The molecular weight excluding hydrogens is 114 g/mol. The number of carbonyl (C=O) groups excluding carboxylic acids is 1. The summed E-state index contributed by atoms with van der Waals surface area (Å²) in [5.74, 6) is 0. The highest BCUT2D eigenvalue weighted by Gasteiger charge is 1.91. The molecule has 0 unspecified atom stereocenters. The molecule has 2 nitrogen and oxygen atoms in total. The lowest BCUT2D eigenvalue weighted by Gasteiger charge is -1.81. The van der Waals surface area contributed by atoms with Gasteiger partial charge in [0.2, 0.25) is 0 Å². The van der Waals surface area contributed by atoms with Crippen molar-refractivity contribution in [3.8, 4) is 0 Å². The van der Waals surface area contributed by atoms with E-state index in [0.29, 0.717) is 6.29 Å². The Morgan fingerprint density at radius 3 is 2.29 bits per heavy atom. The molecule has 0 aromatic rings. The maximum atomic E-state index is 9.58. The molecule has 0 spiro atoms. The Morgan fingerprint density at radius 2 is 2.29 bits per heavy atom. The van der Waals surface area contributed by atoms with Crippen molar-refractivity contribution in [2.45, 2.75) is 0 Å². The van der Waals surface area contributed by atoms with Crippen LogP contribution < -0.4 is 0 Å². The Hall–Kier alpha value is -0.630. The van der Waals surface area contributed by atoms with E-state index in [1.807, 2.05) is 0 Å². The molecule has 0 heterocycles. The van der Waals surface area contributed by atoms with E-state index in [4.69, 9.17) is 17.0 Å². The Bertz CT molecular complexity index is 119. The van der Waals surface area contributed by atoms with Crippen LogP contribution >= 0.6 is 11.6 Å². The van der Waals surface area contributed by atoms with Crippen LogP contribution in [0.4, 0.5) is 0 Å². The molecule has 0 atom stereocenters. The number of carbonyl (C=O) groups is 1. The summed E-state index contributed by atoms with van der Waals surface area (Å²) in [5.41, 5.74) is -0.262. The van der Waals surface area contributed by atoms with E-state index in [-0.39, 0.29) is 10.7 Å². The molecule has 7 heavy (non-hydrogen) atoms. The van der Waals surface area contributed by atoms with Gasteiger partial charge in [-0.2, -0.15) is 0 Å². The molecule has 0 aliphatic heterocycles. The molecule has 0 amide bonds. The van der Waals surface area contributed by atoms with Gasteiger partial charge in [-0.15, -0.1) is 0 Å². The van der Waals surface area contributed by atoms with Crippen molar-refractivity contribution in [2.75, 3.05) is 0 Å². The van der Waals surface area contributed by atoms with E-state index in [2.05, 4.69) is 6.58 Å². The molecule has 0 aliphatic rings. The molecule has 38 valence electrons. The van der Waals surface area contributed by atoms with Gasteiger partial charge in [0, 0.05) is 0 Å². The molecule has 0 rings (SSSR count). The maximum absolute atomic E-state index is 9.58. The normalized spacial score (nSPS) is 7.57. The molecule has 0 saturated carbocycles. The van der Waals surface area contributed by atoms with E-state index in [9.17, 15) is 4.79 Å². The second-order valence-electron chi connectivity index (χ2n) is 0.936. The molecular formula is C4H4ClNO. The topological polar surface area (TPSA) is 40.9 Å². The fraction of sp³-hybridized carbons (Fsp3) is 0. The van der Waals surface area contributed by atoms with Crippen LogP contribution in [0.25, 0.3) is 0 Å². The smallest absolute Gasteiger partial charge is 0.169 e. The molecule has 0 aliphatic carbocycles. The largest absolute Gasteiger partial charge is 0.296 e. The first-order valence-electron chi connectivity index (χ1n) is 1.57. The van der Waals surface area contributed by atoms with Gasteiger partial charge in [-0.3, -0.25) is 10.2 Å². The average Bonchev–Trinajstić information content (AvgIpc) is 1.65. The fourth-order valence-electron chi connectivity index (χ4n) is 0.0639. The molecule has 1 N–H and O–H groups in total. The number of hydrogen-bond acceptors (Lipinski definition) is 2. The average molecular weight is 118 g/mol. The molecule has 0 radical (unpaired) electrons. The molecule has 0 saturated heterocycles. The second kappa shape index (κ2) is 2.53. The Labute approximate surface area is 46.3 Å². The van der Waals surface area contributed by atoms with Crippen LogP contribution in [-0.2, 0) is 4.79 Å². The number of hydrogen-bond donors (Lipinski definition) is 1. The Morgan fingerprint density at radius 1 is 1.86 bits per heavy atom. The lowest BCUT2D eigenvalue weighted by molar-refractivity contribution is -0.102. The number of rotatable bonds is 2. The lowest BCUT2D eigenvalue weighted by atomic mass is 10.4. The first-order chi connectivity index (χ1) is 3.18. The van der Waals surface area contributed by atoms with Crippen LogP contribution in [0.1, 0.15) is 0 Å². The van der Waals surface area contributed by atoms with E-state index in [1.54, 1.807) is 0 Å². The molecule has 0 fully saturated rings. The summed E-state index contributed by atoms with van der Waals surface area (Å²) in [6.07, 6.45) is 0.343. The van der Waals surface area contributed by atoms with Crippen molar-refractivity contribution < 1.29 is 4.79 Å². The van der Waals surface area contributed by atoms with E-state index in [0.717, 1.165) is 0 Å². The van der Waals surface area contributed by atoms with Crippen LogP contribution in [0, 0.1) is 5.41 Å². The number of allylic oxidation sites excluding steroid dienone is 1. The van der Waals surface area contributed by atoms with E-state index >= 15 is 0 Å². The number of nitrogens with one attached hydrogen (secondary N) is 1. The summed E-state index contributed by atoms with van der Waals surface area (Å²) in [7, 11) is 0. The van der Waals surface area contributed by atoms with E-state index < -0.39 is 0 Å². The summed E-state index contributed by atoms with van der Waals surface area (Å²) in [6.45, 7) is 3.14. The molecule has 0 aromatic heterocycles. The van der Waals surface area contributed by atoms with Gasteiger partial charge in [0.1, 0.15) is 5.71 Å². The standard InChI is InChI=1S/C4H4ClNO/c1-3(5)4(6)2-7/h2,6H,1H2. The van der Waals surface area contributed by atoms with Gasteiger partial charge in [-0.25, -0.2) is 0 Å². The third-order valence-corrected chi connectivity index (χ3v) is 0.614. The summed E-state index contributed by atoms with van der Waals surface area (Å²) in [6, 6.07) is 0. The van der Waals surface area contributed by atoms with Gasteiger partial charge in [0.25, 0.3) is 0 Å². The van der Waals surface area contributed by atoms with Crippen molar-refractivity contribution in [3.05, 3.63) is 11.6 Å². The van der Waals surface area contributed by atoms with Crippen LogP contribution in [0.2, 0.25) is 0 Å². The zero-order chi connectivity index (χ0) is 5.86. The first-order valence-corrected chi connectivity index (χ1v) is 1.94. The Kier molecular flexibility index (Phi) is 2.30. The van der Waals surface area contributed by atoms with Gasteiger partial charge in [0.05, 0.1) is 5.03 Å². The highest BCUT2D eigenvalue weighted by molar-refractivity contribution is 6.53. The maximum Gasteiger partial charge on any atom is 0.169 e. The van der Waals surface area contributed by atoms with Crippen LogP contribution in [0.15, 0.2) is 11.6 Å².